The van der Waals surface area contributed by atoms with Gasteiger partial charge in [-0.2, -0.15) is 0 Å². The molecule has 1 N–H and O–H groups in total. The Morgan fingerprint density at radius 2 is 1.94 bits per heavy atom. The molecule has 0 unspecified atom stereocenters. The molecule has 0 aromatic heterocycles. The third-order valence-corrected chi connectivity index (χ3v) is 2.86. The number of benzene rings is 1. The van der Waals surface area contributed by atoms with Crippen LogP contribution in [0.3, 0.4) is 0 Å². The van der Waals surface area contributed by atoms with Crippen LogP contribution in [0.2, 0.25) is 10.0 Å². The zero-order valence-corrected chi connectivity index (χ0v) is 11.4. The van der Waals surface area contributed by atoms with Crippen LogP contribution in [0.1, 0.15) is 26.3 Å². The van der Waals surface area contributed by atoms with E-state index in [1.807, 2.05) is 24.3 Å². The molecule has 88 valence electrons. The van der Waals surface area contributed by atoms with Crippen molar-refractivity contribution in [2.75, 3.05) is 6.54 Å². The summed E-state index contributed by atoms with van der Waals surface area (Å²) in [6.07, 6.45) is 4.02. The molecule has 0 aliphatic rings. The summed E-state index contributed by atoms with van der Waals surface area (Å²) < 4.78 is 0. The van der Waals surface area contributed by atoms with E-state index in [1.54, 1.807) is 6.07 Å². The third kappa shape index (κ3) is 4.56. The molecule has 0 bridgehead atoms. The molecule has 0 aliphatic heterocycles. The summed E-state index contributed by atoms with van der Waals surface area (Å²) in [5, 5.41) is 4.56. The Labute approximate surface area is 107 Å². The fourth-order valence-electron chi connectivity index (χ4n) is 1.20. The Balaban J connectivity index is 2.60. The van der Waals surface area contributed by atoms with Gasteiger partial charge < -0.3 is 5.32 Å². The van der Waals surface area contributed by atoms with Crippen LogP contribution in [0.4, 0.5) is 0 Å². The Morgan fingerprint density at radius 1 is 1.25 bits per heavy atom. The van der Waals surface area contributed by atoms with Crippen LogP contribution in [0.5, 0.6) is 0 Å². The molecule has 16 heavy (non-hydrogen) atoms. The Morgan fingerprint density at radius 3 is 2.56 bits per heavy atom. The van der Waals surface area contributed by atoms with E-state index in [2.05, 4.69) is 26.1 Å². The van der Waals surface area contributed by atoms with Gasteiger partial charge in [0.05, 0.1) is 10.0 Å². The molecule has 0 spiro atoms. The summed E-state index contributed by atoms with van der Waals surface area (Å²) in [5.41, 5.74) is 1.08. The number of hydrogen-bond acceptors (Lipinski definition) is 1. The molecule has 1 nitrogen and oxygen atoms in total. The summed E-state index contributed by atoms with van der Waals surface area (Å²) >= 11 is 12.0. The summed E-state index contributed by atoms with van der Waals surface area (Å²) in [5.74, 6) is 0. The van der Waals surface area contributed by atoms with Gasteiger partial charge in [-0.3, -0.25) is 0 Å². The van der Waals surface area contributed by atoms with Crippen LogP contribution in [-0.4, -0.2) is 12.1 Å². The minimum absolute atomic E-state index is 0.127. The molecule has 3 heteroatoms. The smallest absolute Gasteiger partial charge is 0.0664 e. The fourth-order valence-corrected chi connectivity index (χ4v) is 1.57. The highest BCUT2D eigenvalue weighted by Crippen LogP contribution is 2.26. The van der Waals surface area contributed by atoms with E-state index >= 15 is 0 Å². The Bertz CT molecular complexity index is 378. The van der Waals surface area contributed by atoms with Gasteiger partial charge in [-0.25, -0.2) is 0 Å². The van der Waals surface area contributed by atoms with Gasteiger partial charge in [0.15, 0.2) is 0 Å². The molecule has 0 fully saturated rings. The van der Waals surface area contributed by atoms with Crippen molar-refractivity contribution in [3.63, 3.8) is 0 Å². The number of halogens is 2. The predicted octanol–water partition coefficient (Wildman–Crippen LogP) is 4.39. The Hall–Kier alpha value is -0.500. The summed E-state index contributed by atoms with van der Waals surface area (Å²) in [6.45, 7) is 7.21. The first kappa shape index (κ1) is 13.6. The van der Waals surface area contributed by atoms with E-state index in [-0.39, 0.29) is 5.54 Å². The summed E-state index contributed by atoms with van der Waals surface area (Å²) in [6, 6.07) is 5.63. The highest BCUT2D eigenvalue weighted by atomic mass is 35.5. The highest BCUT2D eigenvalue weighted by molar-refractivity contribution is 6.42. The molecule has 0 amide bonds. The van der Waals surface area contributed by atoms with Crippen LogP contribution < -0.4 is 5.32 Å². The quantitative estimate of drug-likeness (QED) is 0.847. The van der Waals surface area contributed by atoms with E-state index < -0.39 is 0 Å². The van der Waals surface area contributed by atoms with Crippen molar-refractivity contribution in [2.24, 2.45) is 0 Å². The number of hydrogen-bond donors (Lipinski definition) is 1. The normalized spacial score (nSPS) is 12.3. The van der Waals surface area contributed by atoms with E-state index in [4.69, 9.17) is 23.2 Å². The van der Waals surface area contributed by atoms with Crippen molar-refractivity contribution in [1.29, 1.82) is 0 Å². The van der Waals surface area contributed by atoms with Gasteiger partial charge in [0.1, 0.15) is 0 Å². The topological polar surface area (TPSA) is 12.0 Å². The summed E-state index contributed by atoms with van der Waals surface area (Å²) in [7, 11) is 0. The molecule has 0 saturated heterocycles. The van der Waals surface area contributed by atoms with Crippen molar-refractivity contribution >= 4 is 29.3 Å². The third-order valence-electron chi connectivity index (χ3n) is 2.03. The molecule has 1 aromatic carbocycles. The van der Waals surface area contributed by atoms with Crippen molar-refractivity contribution < 1.29 is 0 Å². The fraction of sp³-hybridized carbons (Fsp3) is 0.385. The van der Waals surface area contributed by atoms with Crippen LogP contribution in [-0.2, 0) is 0 Å². The van der Waals surface area contributed by atoms with Crippen LogP contribution >= 0.6 is 23.2 Å². The average molecular weight is 258 g/mol. The number of rotatable bonds is 3. The first-order valence-corrected chi connectivity index (χ1v) is 6.01. The SMILES string of the molecule is CC(C)(C)NCC=Cc1cccc(Cl)c1Cl. The van der Waals surface area contributed by atoms with Gasteiger partial charge in [-0.05, 0) is 32.4 Å². The maximum absolute atomic E-state index is 6.06. The molecule has 0 aliphatic carbocycles. The maximum atomic E-state index is 6.06. The van der Waals surface area contributed by atoms with Crippen molar-refractivity contribution in [2.45, 2.75) is 26.3 Å². The van der Waals surface area contributed by atoms with Gasteiger partial charge >= 0.3 is 0 Å². The van der Waals surface area contributed by atoms with Crippen LogP contribution in [0.25, 0.3) is 6.08 Å². The standard InChI is InChI=1S/C13H17Cl2N/c1-13(2,3)16-9-5-7-10-6-4-8-11(14)12(10)15/h4-8,16H,9H2,1-3H3. The summed E-state index contributed by atoms with van der Waals surface area (Å²) in [4.78, 5) is 0. The monoisotopic (exact) mass is 257 g/mol. The van der Waals surface area contributed by atoms with Crippen molar-refractivity contribution in [1.82, 2.24) is 5.32 Å². The van der Waals surface area contributed by atoms with E-state index in [0.29, 0.717) is 10.0 Å². The predicted molar refractivity (Wildman–Crippen MR) is 73.3 cm³/mol. The minimum atomic E-state index is 0.127. The Kier molecular flexibility index (Phi) is 4.85. The second-order valence-corrected chi connectivity index (χ2v) is 5.46. The minimum Gasteiger partial charge on any atom is -0.309 e. The van der Waals surface area contributed by atoms with Gasteiger partial charge in [0.2, 0.25) is 0 Å². The van der Waals surface area contributed by atoms with E-state index in [0.717, 1.165) is 12.1 Å². The van der Waals surface area contributed by atoms with Gasteiger partial charge in [-0.1, -0.05) is 47.5 Å². The maximum Gasteiger partial charge on any atom is 0.0664 e. The van der Waals surface area contributed by atoms with Crippen molar-refractivity contribution in [3.8, 4) is 0 Å². The van der Waals surface area contributed by atoms with Gasteiger partial charge in [0.25, 0.3) is 0 Å². The highest BCUT2D eigenvalue weighted by Gasteiger charge is 2.06. The molecule has 0 radical (unpaired) electrons. The van der Waals surface area contributed by atoms with Crippen molar-refractivity contribution in [3.05, 3.63) is 39.9 Å². The first-order chi connectivity index (χ1) is 7.40. The second-order valence-electron chi connectivity index (χ2n) is 4.68. The van der Waals surface area contributed by atoms with Crippen LogP contribution in [0, 0.1) is 0 Å². The lowest BCUT2D eigenvalue weighted by Gasteiger charge is -2.18. The molecule has 1 rings (SSSR count). The van der Waals surface area contributed by atoms with Gasteiger partial charge in [0, 0.05) is 12.1 Å². The number of nitrogens with one attached hydrogen (secondary N) is 1. The molecular weight excluding hydrogens is 241 g/mol. The molecule has 0 atom stereocenters. The average Bonchev–Trinajstić information content (AvgIpc) is 2.17. The largest absolute Gasteiger partial charge is 0.309 e. The lowest BCUT2D eigenvalue weighted by molar-refractivity contribution is 0.450. The van der Waals surface area contributed by atoms with Crippen LogP contribution in [0.15, 0.2) is 24.3 Å². The van der Waals surface area contributed by atoms with E-state index in [1.165, 1.54) is 0 Å². The zero-order chi connectivity index (χ0) is 12.2. The lowest BCUT2D eigenvalue weighted by atomic mass is 10.1. The molecule has 1 aromatic rings. The lowest BCUT2D eigenvalue weighted by Crippen LogP contribution is -2.35. The zero-order valence-electron chi connectivity index (χ0n) is 9.85. The molecule has 0 heterocycles. The molecule has 0 saturated carbocycles. The first-order valence-electron chi connectivity index (χ1n) is 5.26. The van der Waals surface area contributed by atoms with E-state index in [9.17, 15) is 0 Å². The molecular formula is C13H17Cl2N. The van der Waals surface area contributed by atoms with Gasteiger partial charge in [-0.15, -0.1) is 0 Å². The second kappa shape index (κ2) is 5.72.